The molecule has 69 heavy (non-hydrogen) atoms. The minimum atomic E-state index is -1.61. The quantitative estimate of drug-likeness (QED) is 0.0196. The number of ether oxygens (including phenoxy) is 3. The zero-order chi connectivity index (χ0) is 50.4. The number of hydrogen-bond donors (Lipinski definition) is 6. The molecule has 11 heteroatoms. The molecule has 0 spiro atoms. The molecule has 0 radical (unpaired) electrons. The molecule has 1 aliphatic rings. The fraction of sp³-hybridized carbons (Fsp3) is 0.897. The zero-order valence-corrected chi connectivity index (χ0v) is 44.7. The van der Waals surface area contributed by atoms with Crippen molar-refractivity contribution in [1.29, 1.82) is 0 Å². The van der Waals surface area contributed by atoms with Gasteiger partial charge in [-0.2, -0.15) is 0 Å². The molecule has 1 amide bonds. The second kappa shape index (κ2) is 47.2. The summed E-state index contributed by atoms with van der Waals surface area (Å²) in [5, 5.41) is 56.8. The summed E-state index contributed by atoms with van der Waals surface area (Å²) in [6.07, 6.45) is 42.2. The number of rotatable bonds is 49. The standard InChI is InChI=1S/C58H109NO10/c1-4-7-10-13-16-19-22-24-25-26-28-31-33-36-39-42-45-51(62)57(66)59-49(50(61)44-41-38-35-32-30-27-23-20-17-14-11-8-5-2)48-67-58-56(55(65)54(64)52(47-60)68-58)69-53(63)46-43-40-37-34-29-21-18-15-12-9-6-3/h15,18,41,44,49-52,54-56,58,60-62,64-65H,4-14,16-17,19-40,42-43,45-48H2,1-3H3,(H,59,66)/b18-15-,44-41+. The van der Waals surface area contributed by atoms with E-state index in [4.69, 9.17) is 14.2 Å². The third-order valence-electron chi connectivity index (χ3n) is 13.9. The molecule has 0 bridgehead atoms. The van der Waals surface area contributed by atoms with Gasteiger partial charge in [0.2, 0.25) is 5.91 Å². The lowest BCUT2D eigenvalue weighted by Gasteiger charge is -2.41. The molecule has 406 valence electrons. The van der Waals surface area contributed by atoms with E-state index in [1.54, 1.807) is 6.08 Å². The molecule has 11 nitrogen and oxygen atoms in total. The molecule has 8 unspecified atom stereocenters. The summed E-state index contributed by atoms with van der Waals surface area (Å²) in [6, 6.07) is -1.02. The van der Waals surface area contributed by atoms with E-state index in [2.05, 4.69) is 38.2 Å². The first-order chi connectivity index (χ1) is 33.7. The van der Waals surface area contributed by atoms with Crippen LogP contribution in [0.15, 0.2) is 24.3 Å². The van der Waals surface area contributed by atoms with E-state index in [-0.39, 0.29) is 13.0 Å². The number of carbonyl (C=O) groups is 2. The Bertz CT molecular complexity index is 1220. The van der Waals surface area contributed by atoms with Crippen LogP contribution in [0, 0.1) is 0 Å². The summed E-state index contributed by atoms with van der Waals surface area (Å²) < 4.78 is 17.5. The normalized spacial score (nSPS) is 19.9. The van der Waals surface area contributed by atoms with Crippen molar-refractivity contribution < 1.29 is 49.3 Å². The summed E-state index contributed by atoms with van der Waals surface area (Å²) in [5.41, 5.74) is 0. The highest BCUT2D eigenvalue weighted by atomic mass is 16.7. The second-order valence-corrected chi connectivity index (χ2v) is 20.4. The largest absolute Gasteiger partial charge is 0.454 e. The molecule has 6 N–H and O–H groups in total. The van der Waals surface area contributed by atoms with Crippen LogP contribution in [0.25, 0.3) is 0 Å². The number of unbranched alkanes of at least 4 members (excludes halogenated alkanes) is 33. The molecular weight excluding hydrogens is 871 g/mol. The van der Waals surface area contributed by atoms with E-state index in [9.17, 15) is 35.1 Å². The van der Waals surface area contributed by atoms with E-state index in [0.29, 0.717) is 19.3 Å². The summed E-state index contributed by atoms with van der Waals surface area (Å²) in [7, 11) is 0. The maximum absolute atomic E-state index is 13.4. The highest BCUT2D eigenvalue weighted by molar-refractivity contribution is 5.80. The van der Waals surface area contributed by atoms with Crippen molar-refractivity contribution in [3.05, 3.63) is 24.3 Å². The Hall–Kier alpha value is -1.86. The van der Waals surface area contributed by atoms with Crippen molar-refractivity contribution in [3.63, 3.8) is 0 Å². The third-order valence-corrected chi connectivity index (χ3v) is 13.9. The van der Waals surface area contributed by atoms with Crippen LogP contribution in [0.3, 0.4) is 0 Å². The van der Waals surface area contributed by atoms with Crippen molar-refractivity contribution in [1.82, 2.24) is 5.32 Å². The van der Waals surface area contributed by atoms with Gasteiger partial charge in [-0.05, 0) is 44.9 Å². The molecule has 8 atom stereocenters. The minimum Gasteiger partial charge on any atom is -0.454 e. The van der Waals surface area contributed by atoms with Gasteiger partial charge < -0.3 is 45.1 Å². The van der Waals surface area contributed by atoms with Gasteiger partial charge in [0.05, 0.1) is 25.4 Å². The fourth-order valence-corrected chi connectivity index (χ4v) is 9.16. The third kappa shape index (κ3) is 35.8. The molecule has 1 rings (SSSR count). The number of allylic oxidation sites excluding steroid dienone is 3. The van der Waals surface area contributed by atoms with E-state index < -0.39 is 67.4 Å². The Morgan fingerprint density at radius 2 is 0.971 bits per heavy atom. The van der Waals surface area contributed by atoms with Gasteiger partial charge in [-0.15, -0.1) is 0 Å². The molecule has 1 saturated heterocycles. The lowest BCUT2D eigenvalue weighted by Crippen LogP contribution is -2.61. The average Bonchev–Trinajstić information content (AvgIpc) is 3.34. The Labute approximate surface area is 422 Å². The van der Waals surface area contributed by atoms with E-state index in [0.717, 1.165) is 77.0 Å². The number of aliphatic hydroxyl groups is 5. The van der Waals surface area contributed by atoms with Gasteiger partial charge in [0, 0.05) is 6.42 Å². The van der Waals surface area contributed by atoms with Crippen molar-refractivity contribution >= 4 is 11.9 Å². The fourth-order valence-electron chi connectivity index (χ4n) is 9.16. The van der Waals surface area contributed by atoms with E-state index >= 15 is 0 Å². The second-order valence-electron chi connectivity index (χ2n) is 20.4. The SMILES string of the molecule is CCCC/C=C\CCCCCCCC(=O)OC1C(OCC(NC(=O)C(O)CCCCCCCCCCCCCCCCCC)C(O)/C=C/CCCCCCCCCCCCC)OC(CO)C(O)C1O. The van der Waals surface area contributed by atoms with Gasteiger partial charge >= 0.3 is 5.97 Å². The molecule has 0 aromatic rings. The van der Waals surface area contributed by atoms with E-state index in [1.165, 1.54) is 148 Å². The molecule has 0 saturated carbocycles. The number of esters is 1. The maximum atomic E-state index is 13.4. The molecule has 0 aromatic carbocycles. The number of aliphatic hydroxyl groups excluding tert-OH is 5. The Balaban J connectivity index is 2.72. The predicted molar refractivity (Wildman–Crippen MR) is 283 cm³/mol. The molecular formula is C58H109NO10. The summed E-state index contributed by atoms with van der Waals surface area (Å²) in [5.74, 6) is -1.20. The van der Waals surface area contributed by atoms with Gasteiger partial charge in [0.25, 0.3) is 0 Å². The van der Waals surface area contributed by atoms with Gasteiger partial charge in [0.15, 0.2) is 12.4 Å². The summed E-state index contributed by atoms with van der Waals surface area (Å²) in [4.78, 5) is 26.4. The number of carbonyl (C=O) groups excluding carboxylic acids is 2. The first-order valence-corrected chi connectivity index (χ1v) is 29.1. The average molecular weight is 981 g/mol. The number of hydrogen-bond acceptors (Lipinski definition) is 10. The minimum absolute atomic E-state index is 0.116. The van der Waals surface area contributed by atoms with Gasteiger partial charge in [-0.1, -0.05) is 244 Å². The van der Waals surface area contributed by atoms with Crippen LogP contribution in [0.2, 0.25) is 0 Å². The first-order valence-electron chi connectivity index (χ1n) is 29.1. The topological polar surface area (TPSA) is 175 Å². The van der Waals surface area contributed by atoms with Crippen molar-refractivity contribution in [2.75, 3.05) is 13.2 Å². The number of amides is 1. The highest BCUT2D eigenvalue weighted by Gasteiger charge is 2.47. The Kier molecular flexibility index (Phi) is 44.5. The van der Waals surface area contributed by atoms with Crippen LogP contribution in [0.5, 0.6) is 0 Å². The van der Waals surface area contributed by atoms with E-state index in [1.807, 2.05) is 6.08 Å². The summed E-state index contributed by atoms with van der Waals surface area (Å²) >= 11 is 0. The lowest BCUT2D eigenvalue weighted by molar-refractivity contribution is -0.305. The Morgan fingerprint density at radius 3 is 1.45 bits per heavy atom. The zero-order valence-electron chi connectivity index (χ0n) is 44.7. The van der Waals surface area contributed by atoms with Gasteiger partial charge in [-0.25, -0.2) is 0 Å². The monoisotopic (exact) mass is 980 g/mol. The number of nitrogens with one attached hydrogen (secondary N) is 1. The van der Waals surface area contributed by atoms with Crippen LogP contribution in [-0.2, 0) is 23.8 Å². The first kappa shape index (κ1) is 65.2. The molecule has 1 heterocycles. The Morgan fingerprint density at radius 1 is 0.551 bits per heavy atom. The molecule has 1 fully saturated rings. The van der Waals surface area contributed by atoms with Crippen LogP contribution in [0.1, 0.15) is 271 Å². The highest BCUT2D eigenvalue weighted by Crippen LogP contribution is 2.26. The maximum Gasteiger partial charge on any atom is 0.306 e. The van der Waals surface area contributed by atoms with Crippen molar-refractivity contribution in [3.8, 4) is 0 Å². The van der Waals surface area contributed by atoms with Crippen molar-refractivity contribution in [2.24, 2.45) is 0 Å². The lowest BCUT2D eigenvalue weighted by atomic mass is 9.99. The molecule has 0 aromatic heterocycles. The summed E-state index contributed by atoms with van der Waals surface area (Å²) in [6.45, 7) is 5.75. The molecule has 1 aliphatic heterocycles. The van der Waals surface area contributed by atoms with Crippen LogP contribution in [0.4, 0.5) is 0 Å². The van der Waals surface area contributed by atoms with Crippen LogP contribution in [-0.4, -0.2) is 99.6 Å². The van der Waals surface area contributed by atoms with Crippen LogP contribution >= 0.6 is 0 Å². The molecule has 0 aliphatic carbocycles. The van der Waals surface area contributed by atoms with Gasteiger partial charge in [-0.3, -0.25) is 9.59 Å². The smallest absolute Gasteiger partial charge is 0.306 e. The van der Waals surface area contributed by atoms with Crippen LogP contribution < -0.4 is 5.32 Å². The van der Waals surface area contributed by atoms with Gasteiger partial charge in [0.1, 0.15) is 24.4 Å². The van der Waals surface area contributed by atoms with Crippen molar-refractivity contribution in [2.45, 2.75) is 320 Å². The predicted octanol–water partition coefficient (Wildman–Crippen LogP) is 12.9.